The first-order chi connectivity index (χ1) is 20.1. The largest absolute Gasteiger partial charge is 0.354 e. The summed E-state index contributed by atoms with van der Waals surface area (Å²) in [6, 6.07) is -1.52. The van der Waals surface area contributed by atoms with Crippen molar-refractivity contribution in [2.24, 2.45) is 11.3 Å². The van der Waals surface area contributed by atoms with Crippen LogP contribution in [0.15, 0.2) is 11.6 Å². The average molecular weight is 604 g/mol. The predicted molar refractivity (Wildman–Crippen MR) is 173 cm³/mol. The quantitative estimate of drug-likeness (QED) is 0.238. The Bertz CT molecular complexity index is 986. The van der Waals surface area contributed by atoms with Crippen LogP contribution in [0.25, 0.3) is 0 Å². The second kappa shape index (κ2) is 16.6. The second-order valence-electron chi connectivity index (χ2n) is 14.3. The molecule has 2 N–H and O–H groups in total. The van der Waals surface area contributed by atoms with Crippen molar-refractivity contribution in [2.75, 3.05) is 26.7 Å². The molecular weight excluding hydrogens is 542 g/mol. The zero-order valence-electron chi connectivity index (χ0n) is 28.8. The van der Waals surface area contributed by atoms with Gasteiger partial charge in [0.25, 0.3) is 0 Å². The summed E-state index contributed by atoms with van der Waals surface area (Å²) in [6.45, 7) is 20.2. The summed E-state index contributed by atoms with van der Waals surface area (Å²) in [7, 11) is 1.76. The monoisotopic (exact) mass is 603 g/mol. The number of nitrogens with one attached hydrogen (secondary N) is 2. The van der Waals surface area contributed by atoms with E-state index in [-0.39, 0.29) is 47.7 Å². The van der Waals surface area contributed by atoms with E-state index in [0.717, 1.165) is 51.5 Å². The van der Waals surface area contributed by atoms with Gasteiger partial charge < -0.3 is 20.4 Å². The molecule has 2 aliphatic rings. The van der Waals surface area contributed by atoms with Gasteiger partial charge in [-0.2, -0.15) is 0 Å². The highest BCUT2D eigenvalue weighted by Gasteiger charge is 2.40. The Balaban J connectivity index is 2.21. The smallest absolute Gasteiger partial charge is 0.249 e. The fraction of sp³-hybridized carbons (Fsp3) is 0.824. The normalized spacial score (nSPS) is 21.6. The van der Waals surface area contributed by atoms with E-state index in [2.05, 4.69) is 36.3 Å². The van der Waals surface area contributed by atoms with Crippen molar-refractivity contribution in [1.82, 2.24) is 25.3 Å². The number of unbranched alkanes of at least 4 members (excludes halogenated alkanes) is 2. The van der Waals surface area contributed by atoms with Crippen LogP contribution in [0.5, 0.6) is 0 Å². The molecular formula is C34H61N5O4. The molecule has 2 aliphatic heterocycles. The summed E-state index contributed by atoms with van der Waals surface area (Å²) in [5.74, 6) is -0.483. The Kier molecular flexibility index (Phi) is 14.2. The van der Waals surface area contributed by atoms with Crippen molar-refractivity contribution in [3.63, 3.8) is 0 Å². The minimum Gasteiger partial charge on any atom is -0.354 e. The van der Waals surface area contributed by atoms with Crippen LogP contribution in [-0.2, 0) is 19.2 Å². The van der Waals surface area contributed by atoms with Crippen molar-refractivity contribution < 1.29 is 19.2 Å². The first kappa shape index (κ1) is 36.8. The van der Waals surface area contributed by atoms with Gasteiger partial charge >= 0.3 is 0 Å². The van der Waals surface area contributed by atoms with Crippen LogP contribution < -0.4 is 10.6 Å². The summed E-state index contributed by atoms with van der Waals surface area (Å²) < 4.78 is 0. The summed E-state index contributed by atoms with van der Waals surface area (Å²) in [5.41, 5.74) is 0.0111. The van der Waals surface area contributed by atoms with E-state index in [1.54, 1.807) is 23.8 Å². The molecule has 0 aromatic heterocycles. The molecule has 4 atom stereocenters. The number of rotatable bonds is 13. The minimum atomic E-state index is -0.717. The van der Waals surface area contributed by atoms with Gasteiger partial charge in [0.05, 0.1) is 12.1 Å². The van der Waals surface area contributed by atoms with Gasteiger partial charge in [-0.25, -0.2) is 0 Å². The maximum Gasteiger partial charge on any atom is 0.249 e. The molecule has 0 unspecified atom stereocenters. The Labute approximate surface area is 261 Å². The van der Waals surface area contributed by atoms with E-state index in [4.69, 9.17) is 0 Å². The van der Waals surface area contributed by atoms with Gasteiger partial charge in [0.2, 0.25) is 23.6 Å². The van der Waals surface area contributed by atoms with E-state index in [1.165, 1.54) is 0 Å². The number of hydrogen-bond donors (Lipinski definition) is 2. The molecule has 0 aromatic rings. The molecule has 43 heavy (non-hydrogen) atoms. The fourth-order valence-corrected chi connectivity index (χ4v) is 6.38. The molecule has 246 valence electrons. The van der Waals surface area contributed by atoms with Crippen LogP contribution in [0, 0.1) is 11.3 Å². The lowest BCUT2D eigenvalue weighted by molar-refractivity contribution is -0.142. The molecule has 0 bridgehead atoms. The van der Waals surface area contributed by atoms with E-state index in [9.17, 15) is 19.2 Å². The highest BCUT2D eigenvalue weighted by molar-refractivity contribution is 5.97. The zero-order valence-corrected chi connectivity index (χ0v) is 28.8. The number of hydrogen-bond acceptors (Lipinski definition) is 5. The Hall–Kier alpha value is -2.42. The number of piperidine rings is 1. The molecule has 0 aliphatic carbocycles. The third-order valence-corrected chi connectivity index (χ3v) is 9.04. The third kappa shape index (κ3) is 10.0. The molecule has 2 fully saturated rings. The molecule has 2 saturated heterocycles. The van der Waals surface area contributed by atoms with Gasteiger partial charge in [0.15, 0.2) is 0 Å². The van der Waals surface area contributed by atoms with Crippen LogP contribution in [0.3, 0.4) is 0 Å². The van der Waals surface area contributed by atoms with Gasteiger partial charge in [0, 0.05) is 31.8 Å². The Morgan fingerprint density at radius 2 is 1.58 bits per heavy atom. The molecule has 9 heteroatoms. The van der Waals surface area contributed by atoms with Crippen LogP contribution in [0.1, 0.15) is 114 Å². The average Bonchev–Trinajstić information content (AvgIpc) is 3.44. The van der Waals surface area contributed by atoms with Crippen molar-refractivity contribution in [3.8, 4) is 0 Å². The third-order valence-electron chi connectivity index (χ3n) is 9.04. The maximum absolute atomic E-state index is 14.1. The van der Waals surface area contributed by atoms with Crippen molar-refractivity contribution in [1.29, 1.82) is 0 Å². The molecule has 0 saturated carbocycles. The molecule has 2 rings (SSSR count). The van der Waals surface area contributed by atoms with E-state index in [1.807, 2.05) is 40.7 Å². The molecule has 0 radical (unpaired) electrons. The molecule has 2 heterocycles. The fourth-order valence-electron chi connectivity index (χ4n) is 6.38. The van der Waals surface area contributed by atoms with Crippen molar-refractivity contribution >= 4 is 23.6 Å². The Morgan fingerprint density at radius 1 is 0.930 bits per heavy atom. The molecule has 0 aromatic carbocycles. The number of amides is 4. The van der Waals surface area contributed by atoms with Gasteiger partial charge in [-0.05, 0) is 70.8 Å². The number of carbonyl (C=O) groups is 4. The van der Waals surface area contributed by atoms with Crippen molar-refractivity contribution in [2.45, 2.75) is 144 Å². The molecule has 9 nitrogen and oxygen atoms in total. The van der Waals surface area contributed by atoms with Crippen LogP contribution in [0.2, 0.25) is 0 Å². The van der Waals surface area contributed by atoms with E-state index < -0.39 is 17.5 Å². The van der Waals surface area contributed by atoms with Crippen LogP contribution in [-0.4, -0.2) is 95.2 Å². The number of likely N-dealkylation sites (tertiary alicyclic amines) is 2. The van der Waals surface area contributed by atoms with E-state index in [0.29, 0.717) is 25.1 Å². The maximum atomic E-state index is 14.1. The standard InChI is InChI=1S/C34H61N5O4/c1-11-12-14-19-35-30(40)26-18-16-21-39(26)32(42)25(6)22-28(23(2)3)37(10)33(43)29(34(7,8)9)36-31(41)27-17-13-15-20-38(27)24(4)5/h22-24,26-29H,11-21H2,1-10H3,(H,35,40)(H,36,41)/b25-22+/t26-,27+,28+,29+/m0/s1. The first-order valence-corrected chi connectivity index (χ1v) is 16.7. The minimum absolute atomic E-state index is 0.0269. The van der Waals surface area contributed by atoms with Gasteiger partial charge in [-0.1, -0.05) is 66.9 Å². The highest BCUT2D eigenvalue weighted by Crippen LogP contribution is 2.27. The van der Waals surface area contributed by atoms with Gasteiger partial charge in [-0.15, -0.1) is 0 Å². The number of likely N-dealkylation sites (N-methyl/N-ethyl adjacent to an activating group) is 1. The predicted octanol–water partition coefficient (Wildman–Crippen LogP) is 4.51. The van der Waals surface area contributed by atoms with Gasteiger partial charge in [-0.3, -0.25) is 24.1 Å². The topological polar surface area (TPSA) is 102 Å². The highest BCUT2D eigenvalue weighted by atomic mass is 16.2. The number of nitrogens with zero attached hydrogens (tertiary/aromatic N) is 3. The summed E-state index contributed by atoms with van der Waals surface area (Å²) >= 11 is 0. The van der Waals surface area contributed by atoms with E-state index >= 15 is 0 Å². The first-order valence-electron chi connectivity index (χ1n) is 16.7. The molecule has 4 amide bonds. The SMILES string of the molecule is CCCCCNC(=O)[C@@H]1CCCN1C(=O)/C(C)=C/[C@H](C(C)C)N(C)C(=O)[C@@H](NC(=O)[C@H]1CCCCN1C(C)C)C(C)(C)C. The lowest BCUT2D eigenvalue weighted by Gasteiger charge is -2.41. The lowest BCUT2D eigenvalue weighted by atomic mass is 9.84. The van der Waals surface area contributed by atoms with Crippen LogP contribution >= 0.6 is 0 Å². The van der Waals surface area contributed by atoms with Crippen LogP contribution in [0.4, 0.5) is 0 Å². The summed E-state index contributed by atoms with van der Waals surface area (Å²) in [6.07, 6.45) is 9.27. The number of carbonyl (C=O) groups excluding carboxylic acids is 4. The summed E-state index contributed by atoms with van der Waals surface area (Å²) in [5, 5.41) is 6.14. The second-order valence-corrected chi connectivity index (χ2v) is 14.3. The summed E-state index contributed by atoms with van der Waals surface area (Å²) in [4.78, 5) is 59.8. The Morgan fingerprint density at radius 3 is 2.16 bits per heavy atom. The van der Waals surface area contributed by atoms with Crippen molar-refractivity contribution in [3.05, 3.63) is 11.6 Å². The van der Waals surface area contributed by atoms with Gasteiger partial charge in [0.1, 0.15) is 12.1 Å². The molecule has 0 spiro atoms. The zero-order chi connectivity index (χ0) is 32.5. The lowest BCUT2D eigenvalue weighted by Crippen LogP contribution is -2.60.